The average Bonchev–Trinajstić information content (AvgIpc) is 3.03. The first-order chi connectivity index (χ1) is 13.6. The lowest BCUT2D eigenvalue weighted by Crippen LogP contribution is -2.11. The van der Waals surface area contributed by atoms with Crippen molar-refractivity contribution in [2.45, 2.75) is 59.3 Å². The van der Waals surface area contributed by atoms with Gasteiger partial charge in [0.25, 0.3) is 0 Å². The van der Waals surface area contributed by atoms with Crippen molar-refractivity contribution >= 4 is 6.08 Å². The Morgan fingerprint density at radius 3 is 1.77 bits per heavy atom. The van der Waals surface area contributed by atoms with Gasteiger partial charge in [0.1, 0.15) is 0 Å². The van der Waals surface area contributed by atoms with Crippen LogP contribution in [0.25, 0.3) is 17.2 Å². The molecule has 162 valence electrons. The number of halogens is 6. The van der Waals surface area contributed by atoms with E-state index in [0.717, 1.165) is 34.4 Å². The lowest BCUT2D eigenvalue weighted by atomic mass is 9.85. The second-order valence-electron chi connectivity index (χ2n) is 9.15. The highest BCUT2D eigenvalue weighted by Gasteiger charge is 2.37. The number of benzene rings is 2. The first kappa shape index (κ1) is 22.4. The molecule has 0 saturated heterocycles. The third kappa shape index (κ3) is 4.28. The molecule has 0 bridgehead atoms. The third-order valence-corrected chi connectivity index (χ3v) is 5.53. The topological polar surface area (TPSA) is 0 Å². The van der Waals surface area contributed by atoms with E-state index in [2.05, 4.69) is 0 Å². The fourth-order valence-electron chi connectivity index (χ4n) is 3.81. The molecule has 0 spiro atoms. The van der Waals surface area contributed by atoms with Gasteiger partial charge in [0.15, 0.2) is 0 Å². The summed E-state index contributed by atoms with van der Waals surface area (Å²) in [4.78, 5) is 0. The first-order valence-electron chi connectivity index (χ1n) is 9.75. The largest absolute Gasteiger partial charge is 0.416 e. The molecule has 0 nitrogen and oxygen atoms in total. The Balaban J connectivity index is 2.36. The minimum absolute atomic E-state index is 0.0518. The van der Waals surface area contributed by atoms with E-state index in [1.54, 1.807) is 0 Å². The molecule has 0 radical (unpaired) electrons. The Kier molecular flexibility index (Phi) is 5.37. The predicted octanol–water partition coefficient (Wildman–Crippen LogP) is 8.50. The molecule has 6 heteroatoms. The van der Waals surface area contributed by atoms with Crippen LogP contribution in [0.15, 0.2) is 35.9 Å². The van der Waals surface area contributed by atoms with Crippen molar-refractivity contribution in [2.24, 2.45) is 5.41 Å². The fourth-order valence-corrected chi connectivity index (χ4v) is 3.81. The maximum atomic E-state index is 13.4. The van der Waals surface area contributed by atoms with E-state index >= 15 is 0 Å². The quantitative estimate of drug-likeness (QED) is 0.422. The van der Waals surface area contributed by atoms with E-state index in [-0.39, 0.29) is 23.0 Å². The average molecular weight is 426 g/mol. The summed E-state index contributed by atoms with van der Waals surface area (Å²) < 4.78 is 80.5. The van der Waals surface area contributed by atoms with Gasteiger partial charge >= 0.3 is 12.4 Å². The summed E-state index contributed by atoms with van der Waals surface area (Å²) in [6.07, 6.45) is -7.18. The first-order valence-corrected chi connectivity index (χ1v) is 9.75. The normalized spacial score (nSPS) is 14.9. The smallest absolute Gasteiger partial charge is 0.166 e. The Labute approximate surface area is 172 Å². The Morgan fingerprint density at radius 2 is 1.33 bits per heavy atom. The monoisotopic (exact) mass is 426 g/mol. The molecule has 30 heavy (non-hydrogen) atoms. The van der Waals surface area contributed by atoms with Crippen LogP contribution in [0, 0.1) is 5.41 Å². The van der Waals surface area contributed by atoms with Gasteiger partial charge in [-0.1, -0.05) is 58.4 Å². The van der Waals surface area contributed by atoms with Gasteiger partial charge in [-0.25, -0.2) is 0 Å². The summed E-state index contributed by atoms with van der Waals surface area (Å²) in [5, 5.41) is 0. The van der Waals surface area contributed by atoms with Gasteiger partial charge in [-0.2, -0.15) is 26.3 Å². The van der Waals surface area contributed by atoms with Gasteiger partial charge in [0, 0.05) is 0 Å². The van der Waals surface area contributed by atoms with E-state index in [1.165, 1.54) is 0 Å². The van der Waals surface area contributed by atoms with Crippen molar-refractivity contribution in [1.82, 2.24) is 0 Å². The maximum absolute atomic E-state index is 13.4. The van der Waals surface area contributed by atoms with Crippen LogP contribution in [0.4, 0.5) is 26.3 Å². The predicted molar refractivity (Wildman–Crippen MR) is 107 cm³/mol. The molecule has 3 rings (SSSR count). The van der Waals surface area contributed by atoms with Gasteiger partial charge < -0.3 is 0 Å². The van der Waals surface area contributed by atoms with Gasteiger partial charge in [-0.3, -0.25) is 0 Å². The van der Waals surface area contributed by atoms with Crippen LogP contribution in [0.5, 0.6) is 0 Å². The summed E-state index contributed by atoms with van der Waals surface area (Å²) >= 11 is 0. The number of alkyl halides is 6. The molecular formula is C24H24F6. The summed E-state index contributed by atoms with van der Waals surface area (Å²) in [5.74, 6) is -0.0683. The molecule has 1 aliphatic carbocycles. The lowest BCUT2D eigenvalue weighted by Gasteiger charge is -2.20. The highest BCUT2D eigenvalue weighted by atomic mass is 19.4. The standard InChI is InChI=1S/C24H24F6/c1-13(2)19-7-6-14-8-16(22(3,4)5)12-20(14)21(19)15-9-17(23(25,26)27)11-18(10-15)24(28,29)30/h6-7,9-13H,8H2,1-5H3. The van der Waals surface area contributed by atoms with E-state index in [0.29, 0.717) is 12.0 Å². The molecule has 0 N–H and O–H groups in total. The zero-order valence-electron chi connectivity index (χ0n) is 17.5. The van der Waals surface area contributed by atoms with Crippen LogP contribution < -0.4 is 0 Å². The van der Waals surface area contributed by atoms with Crippen molar-refractivity contribution in [1.29, 1.82) is 0 Å². The Morgan fingerprint density at radius 1 is 0.800 bits per heavy atom. The SMILES string of the molecule is CC(C)c1ccc2c(c1-c1cc(C(F)(F)F)cc(C(F)(F)F)c1)C=C(C(C)(C)C)C2. The molecule has 0 aliphatic heterocycles. The second kappa shape index (κ2) is 7.17. The Hall–Kier alpha value is -2.24. The number of hydrogen-bond donors (Lipinski definition) is 0. The van der Waals surface area contributed by atoms with Gasteiger partial charge in [-0.05, 0) is 63.8 Å². The zero-order chi connectivity index (χ0) is 22.6. The zero-order valence-corrected chi connectivity index (χ0v) is 17.5. The van der Waals surface area contributed by atoms with Gasteiger partial charge in [0.2, 0.25) is 0 Å². The molecule has 0 heterocycles. The minimum atomic E-state index is -4.88. The van der Waals surface area contributed by atoms with Gasteiger partial charge in [0.05, 0.1) is 11.1 Å². The molecule has 0 unspecified atom stereocenters. The van der Waals surface area contributed by atoms with Crippen molar-refractivity contribution in [3.63, 3.8) is 0 Å². The molecular weight excluding hydrogens is 402 g/mol. The summed E-state index contributed by atoms with van der Waals surface area (Å²) in [6, 6.07) is 5.60. The minimum Gasteiger partial charge on any atom is -0.166 e. The number of fused-ring (bicyclic) bond motifs is 1. The van der Waals surface area contributed by atoms with Crippen LogP contribution in [0.2, 0.25) is 0 Å². The molecule has 2 aromatic carbocycles. The lowest BCUT2D eigenvalue weighted by molar-refractivity contribution is -0.143. The highest BCUT2D eigenvalue weighted by molar-refractivity contribution is 5.84. The van der Waals surface area contributed by atoms with E-state index in [1.807, 2.05) is 52.8 Å². The summed E-state index contributed by atoms with van der Waals surface area (Å²) in [7, 11) is 0. The number of rotatable bonds is 2. The van der Waals surface area contributed by atoms with E-state index < -0.39 is 23.5 Å². The van der Waals surface area contributed by atoms with E-state index in [4.69, 9.17) is 0 Å². The molecule has 0 aromatic heterocycles. The van der Waals surface area contributed by atoms with Crippen LogP contribution in [-0.2, 0) is 18.8 Å². The molecule has 2 aromatic rings. The van der Waals surface area contributed by atoms with Crippen LogP contribution in [0.1, 0.15) is 68.4 Å². The molecule has 0 fully saturated rings. The van der Waals surface area contributed by atoms with Crippen molar-refractivity contribution in [3.8, 4) is 11.1 Å². The van der Waals surface area contributed by atoms with E-state index in [9.17, 15) is 26.3 Å². The molecule has 1 aliphatic rings. The summed E-state index contributed by atoms with van der Waals surface area (Å²) in [6.45, 7) is 9.89. The van der Waals surface area contributed by atoms with Gasteiger partial charge in [-0.15, -0.1) is 0 Å². The number of hydrogen-bond acceptors (Lipinski definition) is 0. The molecule has 0 atom stereocenters. The van der Waals surface area contributed by atoms with Crippen LogP contribution >= 0.6 is 0 Å². The molecule has 0 saturated carbocycles. The van der Waals surface area contributed by atoms with Crippen molar-refractivity contribution in [3.05, 3.63) is 63.7 Å². The summed E-state index contributed by atoms with van der Waals surface area (Å²) in [5.41, 5.74) is 1.14. The molecule has 0 amide bonds. The second-order valence-corrected chi connectivity index (χ2v) is 9.15. The Bertz CT molecular complexity index is 966. The van der Waals surface area contributed by atoms with Crippen molar-refractivity contribution < 1.29 is 26.3 Å². The van der Waals surface area contributed by atoms with Crippen LogP contribution in [-0.4, -0.2) is 0 Å². The third-order valence-electron chi connectivity index (χ3n) is 5.53. The van der Waals surface area contributed by atoms with Crippen molar-refractivity contribution in [2.75, 3.05) is 0 Å². The maximum Gasteiger partial charge on any atom is 0.416 e. The number of allylic oxidation sites excluding steroid dienone is 1. The highest BCUT2D eigenvalue weighted by Crippen LogP contribution is 2.45. The van der Waals surface area contributed by atoms with Crippen LogP contribution in [0.3, 0.4) is 0 Å². The fraction of sp³-hybridized carbons (Fsp3) is 0.417.